The molecule has 2 unspecified atom stereocenters. The second-order valence-corrected chi connectivity index (χ2v) is 11.3. The van der Waals surface area contributed by atoms with Gasteiger partial charge in [0, 0.05) is 0 Å². The van der Waals surface area contributed by atoms with Gasteiger partial charge in [-0.2, -0.15) is 18.4 Å². The molecule has 0 aromatic heterocycles. The lowest BCUT2D eigenvalue weighted by atomic mass is 9.67. The maximum absolute atomic E-state index is 13.5. The number of carbonyl (C=O) groups is 2. The first-order valence-electron chi connectivity index (χ1n) is 11.0. The molecule has 8 nitrogen and oxygen atoms in total. The Hall–Kier alpha value is -3.27. The zero-order chi connectivity index (χ0) is 26.3. The third-order valence-electron chi connectivity index (χ3n) is 7.37. The van der Waals surface area contributed by atoms with Crippen LogP contribution in [-0.4, -0.2) is 37.5 Å². The number of carbonyl (C=O) groups excluding carboxylic acids is 2. The highest BCUT2D eigenvalue weighted by Crippen LogP contribution is 2.61. The van der Waals surface area contributed by atoms with Gasteiger partial charge in [0.15, 0.2) is 0 Å². The topological polar surface area (TPSA) is 117 Å². The lowest BCUT2D eigenvalue weighted by Crippen LogP contribution is -2.56. The number of amides is 2. The number of hydrogen-bond acceptors (Lipinski definition) is 6. The van der Waals surface area contributed by atoms with Crippen LogP contribution in [0.5, 0.6) is 0 Å². The summed E-state index contributed by atoms with van der Waals surface area (Å²) in [6.45, 7) is 3.14. The minimum Gasteiger partial charge on any atom is -0.366 e. The molecule has 5 rings (SSSR count). The van der Waals surface area contributed by atoms with Gasteiger partial charge in [0.05, 0.1) is 56.9 Å². The SMILES string of the molecule is CC12C[C@H](NS(=O)(=O)c3ccccc3)C(C)(O1)[C@H]1C(=O)N(c3ccc(C#N)c(C(F)(F)F)c3)C(=O)[C@H]12. The monoisotopic (exact) mass is 519 g/mol. The lowest BCUT2D eigenvalue weighted by molar-refractivity contribution is -0.138. The number of nitrogens with one attached hydrogen (secondary N) is 1. The molecule has 3 aliphatic rings. The molecule has 3 heterocycles. The van der Waals surface area contributed by atoms with Crippen molar-refractivity contribution in [2.75, 3.05) is 4.90 Å². The van der Waals surface area contributed by atoms with E-state index in [4.69, 9.17) is 10.00 Å². The number of rotatable bonds is 4. The number of alkyl halides is 3. The van der Waals surface area contributed by atoms with Gasteiger partial charge in [-0.3, -0.25) is 9.59 Å². The number of halogens is 3. The smallest absolute Gasteiger partial charge is 0.366 e. The number of sulfonamides is 1. The van der Waals surface area contributed by atoms with Crippen molar-refractivity contribution in [1.82, 2.24) is 4.72 Å². The van der Waals surface area contributed by atoms with Crippen LogP contribution in [-0.2, 0) is 30.5 Å². The molecule has 0 saturated carbocycles. The van der Waals surface area contributed by atoms with Crippen LogP contribution >= 0.6 is 0 Å². The quantitative estimate of drug-likeness (QED) is 0.621. The average molecular weight is 520 g/mol. The Morgan fingerprint density at radius 1 is 1.08 bits per heavy atom. The standard InChI is InChI=1S/C24H20F3N3O5S/c1-22-11-17(29-36(33,34)15-6-4-3-5-7-15)23(2,35-22)19-18(22)20(31)30(21(19)32)14-9-8-13(12-28)16(10-14)24(25,26)27/h3-10,17-19,29H,11H2,1-2H3/t17-,18-,19+,22?,23?/m0/s1. The average Bonchev–Trinajstić information content (AvgIpc) is 3.33. The van der Waals surface area contributed by atoms with E-state index < -0.39 is 68.2 Å². The van der Waals surface area contributed by atoms with E-state index in [2.05, 4.69) is 4.72 Å². The molecule has 1 N–H and O–H groups in total. The summed E-state index contributed by atoms with van der Waals surface area (Å²) in [6.07, 6.45) is -4.78. The highest BCUT2D eigenvalue weighted by molar-refractivity contribution is 7.89. The van der Waals surface area contributed by atoms with Crippen molar-refractivity contribution in [2.45, 2.75) is 48.6 Å². The zero-order valence-corrected chi connectivity index (χ0v) is 19.9. The maximum atomic E-state index is 13.5. The van der Waals surface area contributed by atoms with Gasteiger partial charge >= 0.3 is 6.18 Å². The molecule has 5 atom stereocenters. The molecule has 12 heteroatoms. The highest BCUT2D eigenvalue weighted by Gasteiger charge is 2.76. The highest BCUT2D eigenvalue weighted by atomic mass is 32.2. The molecule has 2 amide bonds. The van der Waals surface area contributed by atoms with E-state index in [0.29, 0.717) is 11.0 Å². The molecule has 2 aromatic rings. The minimum absolute atomic E-state index is 0.0193. The molecule has 2 bridgehead atoms. The molecule has 2 aromatic carbocycles. The summed E-state index contributed by atoms with van der Waals surface area (Å²) in [4.78, 5) is 27.6. The summed E-state index contributed by atoms with van der Waals surface area (Å²) in [6, 6.07) is 10.9. The van der Waals surface area contributed by atoms with Crippen LogP contribution in [0, 0.1) is 23.2 Å². The van der Waals surface area contributed by atoms with Crippen molar-refractivity contribution in [3.63, 3.8) is 0 Å². The van der Waals surface area contributed by atoms with Crippen molar-refractivity contribution < 1.29 is 35.9 Å². The van der Waals surface area contributed by atoms with Crippen LogP contribution in [0.4, 0.5) is 18.9 Å². The molecule has 0 radical (unpaired) electrons. The molecule has 0 spiro atoms. The van der Waals surface area contributed by atoms with Gasteiger partial charge in [0.1, 0.15) is 0 Å². The van der Waals surface area contributed by atoms with E-state index in [9.17, 15) is 31.2 Å². The molecule has 3 saturated heterocycles. The van der Waals surface area contributed by atoms with Crippen molar-refractivity contribution in [1.29, 1.82) is 5.26 Å². The summed E-state index contributed by atoms with van der Waals surface area (Å²) in [5.74, 6) is -3.62. The van der Waals surface area contributed by atoms with Crippen LogP contribution in [0.2, 0.25) is 0 Å². The fourth-order valence-corrected chi connectivity index (χ4v) is 7.17. The van der Waals surface area contributed by atoms with Gasteiger partial charge in [-0.25, -0.2) is 18.0 Å². The predicted octanol–water partition coefficient (Wildman–Crippen LogP) is 2.98. The molecule has 0 aliphatic carbocycles. The Morgan fingerprint density at radius 2 is 1.72 bits per heavy atom. The number of benzene rings is 2. The number of ether oxygens (including phenoxy) is 1. The van der Waals surface area contributed by atoms with Crippen LogP contribution < -0.4 is 9.62 Å². The second-order valence-electron chi connectivity index (χ2n) is 9.60. The van der Waals surface area contributed by atoms with E-state index in [1.807, 2.05) is 0 Å². The molecule has 36 heavy (non-hydrogen) atoms. The molecular weight excluding hydrogens is 499 g/mol. The van der Waals surface area contributed by atoms with Gasteiger partial charge in [-0.1, -0.05) is 18.2 Å². The summed E-state index contributed by atoms with van der Waals surface area (Å²) < 4.78 is 75.2. The fourth-order valence-electron chi connectivity index (χ4n) is 5.83. The van der Waals surface area contributed by atoms with Crippen LogP contribution in [0.1, 0.15) is 31.4 Å². The number of anilines is 1. The minimum atomic E-state index is -4.87. The first kappa shape index (κ1) is 24.4. The van der Waals surface area contributed by atoms with E-state index >= 15 is 0 Å². The van der Waals surface area contributed by atoms with Gasteiger partial charge in [-0.05, 0) is 50.6 Å². The number of nitriles is 1. The molecular formula is C24H20F3N3O5S. The second kappa shape index (κ2) is 7.61. The van der Waals surface area contributed by atoms with Crippen LogP contribution in [0.25, 0.3) is 0 Å². The number of imide groups is 1. The summed E-state index contributed by atoms with van der Waals surface area (Å²) in [5.41, 5.74) is -4.83. The van der Waals surface area contributed by atoms with E-state index in [0.717, 1.165) is 12.1 Å². The molecule has 3 aliphatic heterocycles. The van der Waals surface area contributed by atoms with Crippen LogP contribution in [0.15, 0.2) is 53.4 Å². The Morgan fingerprint density at radius 3 is 2.33 bits per heavy atom. The van der Waals surface area contributed by atoms with Crippen molar-refractivity contribution in [3.05, 3.63) is 59.7 Å². The van der Waals surface area contributed by atoms with Crippen LogP contribution in [0.3, 0.4) is 0 Å². The predicted molar refractivity (Wildman–Crippen MR) is 119 cm³/mol. The van der Waals surface area contributed by atoms with E-state index in [1.165, 1.54) is 25.1 Å². The maximum Gasteiger partial charge on any atom is 0.417 e. The molecule has 188 valence electrons. The van der Waals surface area contributed by atoms with Gasteiger partial charge in [-0.15, -0.1) is 0 Å². The summed E-state index contributed by atoms with van der Waals surface area (Å²) in [7, 11) is -3.98. The van der Waals surface area contributed by atoms with E-state index in [1.54, 1.807) is 25.1 Å². The first-order valence-corrected chi connectivity index (χ1v) is 12.5. The Kier molecular flexibility index (Phi) is 5.17. The Balaban J connectivity index is 1.51. The Bertz CT molecular complexity index is 1440. The largest absolute Gasteiger partial charge is 0.417 e. The fraction of sp³-hybridized carbons (Fsp3) is 0.375. The summed E-state index contributed by atoms with van der Waals surface area (Å²) in [5, 5.41) is 9.05. The third kappa shape index (κ3) is 3.37. The van der Waals surface area contributed by atoms with Gasteiger partial charge in [0.25, 0.3) is 0 Å². The lowest BCUT2D eigenvalue weighted by Gasteiger charge is -2.35. The first-order chi connectivity index (χ1) is 16.7. The van der Waals surface area contributed by atoms with E-state index in [-0.39, 0.29) is 17.0 Å². The summed E-state index contributed by atoms with van der Waals surface area (Å²) >= 11 is 0. The third-order valence-corrected chi connectivity index (χ3v) is 8.86. The number of nitrogens with zero attached hydrogens (tertiary/aromatic N) is 2. The Labute approximate surface area is 204 Å². The number of fused-ring (bicyclic) bond motifs is 5. The normalized spacial score (nSPS) is 31.6. The van der Waals surface area contributed by atoms with Crippen molar-refractivity contribution >= 4 is 27.5 Å². The zero-order valence-electron chi connectivity index (χ0n) is 19.0. The number of hydrogen-bond donors (Lipinski definition) is 1. The van der Waals surface area contributed by atoms with Gasteiger partial charge < -0.3 is 4.74 Å². The van der Waals surface area contributed by atoms with Crippen molar-refractivity contribution in [2.24, 2.45) is 11.8 Å². The van der Waals surface area contributed by atoms with Crippen molar-refractivity contribution in [3.8, 4) is 6.07 Å². The van der Waals surface area contributed by atoms with Gasteiger partial charge in [0.2, 0.25) is 21.8 Å². The molecule has 3 fully saturated rings.